The third-order valence-electron chi connectivity index (χ3n) is 3.01. The van der Waals surface area contributed by atoms with Gasteiger partial charge in [0.1, 0.15) is 12.3 Å². The fourth-order valence-electron chi connectivity index (χ4n) is 2.03. The Kier molecular flexibility index (Phi) is 3.94. The minimum absolute atomic E-state index is 0.139. The molecule has 0 radical (unpaired) electrons. The molecule has 0 saturated carbocycles. The first-order valence-electron chi connectivity index (χ1n) is 5.88. The predicted molar refractivity (Wildman–Crippen MR) is 67.7 cm³/mol. The van der Waals surface area contributed by atoms with Crippen molar-refractivity contribution in [2.75, 3.05) is 32.1 Å². The molecule has 1 unspecified atom stereocenters. The zero-order chi connectivity index (χ0) is 13.0. The van der Waals surface area contributed by atoms with Crippen molar-refractivity contribution in [3.63, 3.8) is 0 Å². The van der Waals surface area contributed by atoms with E-state index in [-0.39, 0.29) is 12.5 Å². The minimum Gasteiger partial charge on any atom is -0.387 e. The van der Waals surface area contributed by atoms with E-state index in [0.29, 0.717) is 18.7 Å². The van der Waals surface area contributed by atoms with Gasteiger partial charge in [0.05, 0.1) is 18.8 Å². The van der Waals surface area contributed by atoms with Gasteiger partial charge in [0.25, 0.3) is 5.91 Å². The first kappa shape index (κ1) is 12.6. The van der Waals surface area contributed by atoms with Crippen LogP contribution in [0.3, 0.4) is 0 Å². The zero-order valence-electron chi connectivity index (χ0n) is 10.3. The molecule has 0 bridgehead atoms. The molecule has 1 saturated heterocycles. The van der Waals surface area contributed by atoms with E-state index in [1.165, 1.54) is 0 Å². The van der Waals surface area contributed by atoms with Crippen LogP contribution in [0.5, 0.6) is 0 Å². The maximum atomic E-state index is 12.4. The molecule has 5 nitrogen and oxygen atoms in total. The lowest BCUT2D eigenvalue weighted by Crippen LogP contribution is -2.49. The average Bonchev–Trinajstić information content (AvgIpc) is 2.46. The third kappa shape index (κ3) is 2.36. The molecule has 5 heteroatoms. The largest absolute Gasteiger partial charge is 0.387 e. The minimum atomic E-state index is -0.490. The highest BCUT2D eigenvalue weighted by Crippen LogP contribution is 2.18. The second-order valence-corrected chi connectivity index (χ2v) is 4.07. The maximum Gasteiger partial charge on any atom is 0.256 e. The predicted octanol–water partition coefficient (Wildman–Crippen LogP) is 0.768. The molecule has 2 rings (SSSR count). The fraction of sp³-hybridized carbons (Fsp3) is 0.385. The van der Waals surface area contributed by atoms with Crippen molar-refractivity contribution in [2.45, 2.75) is 6.04 Å². The van der Waals surface area contributed by atoms with Crippen LogP contribution >= 0.6 is 0 Å². The Balaban J connectivity index is 2.26. The van der Waals surface area contributed by atoms with Crippen molar-refractivity contribution < 1.29 is 14.3 Å². The third-order valence-corrected chi connectivity index (χ3v) is 3.01. The Hall–Kier alpha value is -1.88. The van der Waals surface area contributed by atoms with Crippen molar-refractivity contribution in [1.29, 1.82) is 0 Å². The summed E-state index contributed by atoms with van der Waals surface area (Å²) in [6, 6.07) is 6.77. The molecule has 1 aromatic rings. The number of nitrogens with one attached hydrogen (secondary N) is 1. The quantitative estimate of drug-likeness (QED) is 0.803. The number of morpholine rings is 1. The summed E-state index contributed by atoms with van der Waals surface area (Å²) in [5.74, 6) is -0.139. The number of amides is 1. The number of hydrogen-bond acceptors (Lipinski definition) is 4. The van der Waals surface area contributed by atoms with E-state index in [1.807, 2.05) is 18.2 Å². The van der Waals surface area contributed by atoms with Gasteiger partial charge in [-0.2, -0.15) is 0 Å². The van der Waals surface area contributed by atoms with Crippen molar-refractivity contribution in [3.05, 3.63) is 29.8 Å². The van der Waals surface area contributed by atoms with E-state index in [9.17, 15) is 9.59 Å². The smallest absolute Gasteiger partial charge is 0.256 e. The fourth-order valence-corrected chi connectivity index (χ4v) is 2.03. The van der Waals surface area contributed by atoms with Crippen LogP contribution in [-0.4, -0.2) is 49.9 Å². The molecule has 1 amide bonds. The highest BCUT2D eigenvalue weighted by molar-refractivity contribution is 6.00. The Morgan fingerprint density at radius 2 is 2.28 bits per heavy atom. The monoisotopic (exact) mass is 248 g/mol. The Bertz CT molecular complexity index is 448. The van der Waals surface area contributed by atoms with E-state index in [0.717, 1.165) is 12.0 Å². The van der Waals surface area contributed by atoms with E-state index in [2.05, 4.69) is 5.32 Å². The molecule has 96 valence electrons. The van der Waals surface area contributed by atoms with E-state index in [1.54, 1.807) is 18.0 Å². The van der Waals surface area contributed by atoms with Gasteiger partial charge in [0, 0.05) is 19.3 Å². The molecule has 0 aromatic heterocycles. The molecule has 1 aromatic carbocycles. The number of anilines is 1. The number of aldehydes is 1. The standard InChI is InChI=1S/C13H16N2O3/c1-14-12-5-3-2-4-11(12)13(17)15-6-7-18-9-10(15)8-16/h2-5,8,10,14H,6-7,9H2,1H3. The summed E-state index contributed by atoms with van der Waals surface area (Å²) < 4.78 is 5.21. The van der Waals surface area contributed by atoms with Crippen molar-refractivity contribution in [3.8, 4) is 0 Å². The number of ether oxygens (including phenoxy) is 1. The van der Waals surface area contributed by atoms with Gasteiger partial charge in [0.15, 0.2) is 0 Å². The van der Waals surface area contributed by atoms with Gasteiger partial charge < -0.3 is 19.7 Å². The lowest BCUT2D eigenvalue weighted by Gasteiger charge is -2.32. The number of benzene rings is 1. The molecule has 1 heterocycles. The van der Waals surface area contributed by atoms with Crippen LogP contribution in [-0.2, 0) is 9.53 Å². The van der Waals surface area contributed by atoms with Gasteiger partial charge in [-0.3, -0.25) is 4.79 Å². The Labute approximate surface area is 106 Å². The molecule has 1 aliphatic heterocycles. The number of carbonyl (C=O) groups excluding carboxylic acids is 2. The molecular weight excluding hydrogens is 232 g/mol. The van der Waals surface area contributed by atoms with E-state index >= 15 is 0 Å². The van der Waals surface area contributed by atoms with Crippen LogP contribution in [0.1, 0.15) is 10.4 Å². The summed E-state index contributed by atoms with van der Waals surface area (Å²) in [6.07, 6.45) is 0.763. The zero-order valence-corrected chi connectivity index (χ0v) is 10.3. The number of carbonyl (C=O) groups is 2. The first-order chi connectivity index (χ1) is 8.77. The van der Waals surface area contributed by atoms with Crippen LogP contribution in [0.2, 0.25) is 0 Å². The second-order valence-electron chi connectivity index (χ2n) is 4.07. The van der Waals surface area contributed by atoms with Gasteiger partial charge in [-0.25, -0.2) is 0 Å². The molecule has 1 N–H and O–H groups in total. The van der Waals surface area contributed by atoms with Crippen LogP contribution in [0.4, 0.5) is 5.69 Å². The van der Waals surface area contributed by atoms with Gasteiger partial charge >= 0.3 is 0 Å². The number of rotatable bonds is 3. The second kappa shape index (κ2) is 5.64. The van der Waals surface area contributed by atoms with Crippen LogP contribution in [0.15, 0.2) is 24.3 Å². The van der Waals surface area contributed by atoms with Crippen LogP contribution in [0.25, 0.3) is 0 Å². The molecule has 0 aliphatic carbocycles. The maximum absolute atomic E-state index is 12.4. The molecule has 0 spiro atoms. The van der Waals surface area contributed by atoms with Gasteiger partial charge in [-0.15, -0.1) is 0 Å². The van der Waals surface area contributed by atoms with E-state index < -0.39 is 6.04 Å². The Morgan fingerprint density at radius 1 is 1.50 bits per heavy atom. The Morgan fingerprint density at radius 3 is 3.00 bits per heavy atom. The highest BCUT2D eigenvalue weighted by Gasteiger charge is 2.28. The summed E-state index contributed by atoms with van der Waals surface area (Å²) >= 11 is 0. The summed E-state index contributed by atoms with van der Waals surface area (Å²) in [5.41, 5.74) is 1.34. The molecule has 1 fully saturated rings. The molecule has 18 heavy (non-hydrogen) atoms. The highest BCUT2D eigenvalue weighted by atomic mass is 16.5. The van der Waals surface area contributed by atoms with Crippen molar-refractivity contribution in [2.24, 2.45) is 0 Å². The number of para-hydroxylation sites is 1. The molecular formula is C13H16N2O3. The van der Waals surface area contributed by atoms with Gasteiger partial charge in [-0.1, -0.05) is 12.1 Å². The number of nitrogens with zero attached hydrogens (tertiary/aromatic N) is 1. The lowest BCUT2D eigenvalue weighted by atomic mass is 10.1. The summed E-state index contributed by atoms with van der Waals surface area (Å²) in [6.45, 7) is 1.19. The summed E-state index contributed by atoms with van der Waals surface area (Å²) in [5, 5.41) is 2.98. The topological polar surface area (TPSA) is 58.6 Å². The van der Waals surface area contributed by atoms with Crippen LogP contribution < -0.4 is 5.32 Å². The van der Waals surface area contributed by atoms with E-state index in [4.69, 9.17) is 4.74 Å². The summed E-state index contributed by atoms with van der Waals surface area (Å²) in [4.78, 5) is 25.0. The average molecular weight is 248 g/mol. The summed E-state index contributed by atoms with van der Waals surface area (Å²) in [7, 11) is 1.77. The van der Waals surface area contributed by atoms with Crippen molar-refractivity contribution in [1.82, 2.24) is 4.90 Å². The first-order valence-corrected chi connectivity index (χ1v) is 5.88. The normalized spacial score (nSPS) is 19.4. The lowest BCUT2D eigenvalue weighted by molar-refractivity contribution is -0.116. The number of hydrogen-bond donors (Lipinski definition) is 1. The SMILES string of the molecule is CNc1ccccc1C(=O)N1CCOCC1C=O. The van der Waals surface area contributed by atoms with Gasteiger partial charge in [-0.05, 0) is 12.1 Å². The van der Waals surface area contributed by atoms with Gasteiger partial charge in [0.2, 0.25) is 0 Å². The molecule has 1 atom stereocenters. The van der Waals surface area contributed by atoms with Crippen LogP contribution in [0, 0.1) is 0 Å². The van der Waals surface area contributed by atoms with Crippen molar-refractivity contribution >= 4 is 17.9 Å². The molecule has 1 aliphatic rings.